The van der Waals surface area contributed by atoms with Crippen LogP contribution < -0.4 is 5.32 Å². The Balaban J connectivity index is 1.99. The standard InChI is InChI=1S/C16H19ClN2/c1-19(2)12-14-6-4-8-16(10-14)18-11-13-5-3-7-15(17)9-13/h3-10,18H,11-12H2,1-2H3. The highest BCUT2D eigenvalue weighted by Crippen LogP contribution is 2.15. The third kappa shape index (κ3) is 4.58. The van der Waals surface area contributed by atoms with Crippen LogP contribution in [0, 0.1) is 0 Å². The molecule has 2 nitrogen and oxygen atoms in total. The highest BCUT2D eigenvalue weighted by molar-refractivity contribution is 6.30. The fraction of sp³-hybridized carbons (Fsp3) is 0.250. The molecule has 2 aromatic carbocycles. The monoisotopic (exact) mass is 274 g/mol. The fourth-order valence-electron chi connectivity index (χ4n) is 2.00. The van der Waals surface area contributed by atoms with Crippen molar-refractivity contribution in [2.75, 3.05) is 19.4 Å². The molecule has 0 aliphatic heterocycles. The van der Waals surface area contributed by atoms with Gasteiger partial charge in [-0.1, -0.05) is 35.9 Å². The number of nitrogens with zero attached hydrogens (tertiary/aromatic N) is 1. The van der Waals surface area contributed by atoms with Crippen molar-refractivity contribution in [2.24, 2.45) is 0 Å². The summed E-state index contributed by atoms with van der Waals surface area (Å²) in [6, 6.07) is 16.4. The van der Waals surface area contributed by atoms with Gasteiger partial charge in [0.25, 0.3) is 0 Å². The number of benzene rings is 2. The van der Waals surface area contributed by atoms with Crippen molar-refractivity contribution in [2.45, 2.75) is 13.1 Å². The average molecular weight is 275 g/mol. The van der Waals surface area contributed by atoms with Crippen LogP contribution in [-0.4, -0.2) is 19.0 Å². The van der Waals surface area contributed by atoms with Crippen LogP contribution in [0.2, 0.25) is 5.02 Å². The zero-order chi connectivity index (χ0) is 13.7. The first-order valence-electron chi connectivity index (χ1n) is 6.35. The smallest absolute Gasteiger partial charge is 0.0409 e. The minimum atomic E-state index is 0.778. The van der Waals surface area contributed by atoms with E-state index in [1.165, 1.54) is 11.1 Å². The second-order valence-electron chi connectivity index (χ2n) is 4.92. The molecule has 0 saturated carbocycles. The second-order valence-corrected chi connectivity index (χ2v) is 5.36. The van der Waals surface area contributed by atoms with Crippen molar-refractivity contribution < 1.29 is 0 Å². The maximum absolute atomic E-state index is 5.98. The Morgan fingerprint density at radius 2 is 1.74 bits per heavy atom. The van der Waals surface area contributed by atoms with Crippen LogP contribution in [0.4, 0.5) is 5.69 Å². The normalized spacial score (nSPS) is 10.7. The Morgan fingerprint density at radius 3 is 2.47 bits per heavy atom. The van der Waals surface area contributed by atoms with Gasteiger partial charge >= 0.3 is 0 Å². The lowest BCUT2D eigenvalue weighted by Crippen LogP contribution is -2.10. The SMILES string of the molecule is CN(C)Cc1cccc(NCc2cccc(Cl)c2)c1. The number of anilines is 1. The second kappa shape index (κ2) is 6.60. The third-order valence-corrected chi connectivity index (χ3v) is 3.05. The van der Waals surface area contributed by atoms with Gasteiger partial charge in [-0.25, -0.2) is 0 Å². The number of rotatable bonds is 5. The first kappa shape index (κ1) is 13.9. The molecule has 2 rings (SSSR count). The van der Waals surface area contributed by atoms with Crippen molar-refractivity contribution in [3.8, 4) is 0 Å². The summed E-state index contributed by atoms with van der Waals surface area (Å²) in [6.45, 7) is 1.73. The number of hydrogen-bond donors (Lipinski definition) is 1. The van der Waals surface area contributed by atoms with Crippen LogP contribution in [0.15, 0.2) is 48.5 Å². The molecule has 0 amide bonds. The van der Waals surface area contributed by atoms with Gasteiger partial charge in [0.1, 0.15) is 0 Å². The van der Waals surface area contributed by atoms with E-state index >= 15 is 0 Å². The van der Waals surface area contributed by atoms with E-state index in [2.05, 4.69) is 54.6 Å². The maximum atomic E-state index is 5.98. The van der Waals surface area contributed by atoms with Gasteiger partial charge in [0.05, 0.1) is 0 Å². The summed E-state index contributed by atoms with van der Waals surface area (Å²) in [4.78, 5) is 2.16. The van der Waals surface area contributed by atoms with Crippen molar-refractivity contribution in [3.05, 3.63) is 64.7 Å². The topological polar surface area (TPSA) is 15.3 Å². The highest BCUT2D eigenvalue weighted by atomic mass is 35.5. The zero-order valence-electron chi connectivity index (χ0n) is 11.4. The number of halogens is 1. The molecule has 0 radical (unpaired) electrons. The molecule has 2 aromatic rings. The third-order valence-electron chi connectivity index (χ3n) is 2.81. The first-order chi connectivity index (χ1) is 9.13. The van der Waals surface area contributed by atoms with Crippen LogP contribution in [0.3, 0.4) is 0 Å². The quantitative estimate of drug-likeness (QED) is 0.886. The lowest BCUT2D eigenvalue weighted by Gasteiger charge is -2.12. The average Bonchev–Trinajstić information content (AvgIpc) is 2.36. The molecule has 0 bridgehead atoms. The minimum absolute atomic E-state index is 0.778. The van der Waals surface area contributed by atoms with Gasteiger partial charge in [0.15, 0.2) is 0 Å². The van der Waals surface area contributed by atoms with Crippen molar-refractivity contribution >= 4 is 17.3 Å². The molecule has 0 aromatic heterocycles. The molecule has 19 heavy (non-hydrogen) atoms. The van der Waals surface area contributed by atoms with Crippen LogP contribution in [0.5, 0.6) is 0 Å². The Bertz CT molecular complexity index is 538. The Kier molecular flexibility index (Phi) is 4.83. The van der Waals surface area contributed by atoms with E-state index in [4.69, 9.17) is 11.6 Å². The summed E-state index contributed by atoms with van der Waals surface area (Å²) in [5, 5.41) is 4.20. The van der Waals surface area contributed by atoms with Gasteiger partial charge in [-0.15, -0.1) is 0 Å². The van der Waals surface area contributed by atoms with Gasteiger partial charge < -0.3 is 10.2 Å². The summed E-state index contributed by atoms with van der Waals surface area (Å²) in [5.74, 6) is 0. The molecule has 0 aliphatic rings. The van der Waals surface area contributed by atoms with Gasteiger partial charge in [-0.2, -0.15) is 0 Å². The van der Waals surface area contributed by atoms with Crippen molar-refractivity contribution in [1.82, 2.24) is 4.90 Å². The summed E-state index contributed by atoms with van der Waals surface area (Å²) in [7, 11) is 4.15. The van der Waals surface area contributed by atoms with E-state index < -0.39 is 0 Å². The molecule has 3 heteroatoms. The summed E-state index contributed by atoms with van der Waals surface area (Å²) >= 11 is 5.98. The lowest BCUT2D eigenvalue weighted by molar-refractivity contribution is 0.402. The molecular formula is C16H19ClN2. The molecule has 0 heterocycles. The predicted octanol–water partition coefficient (Wildman–Crippen LogP) is 4.01. The van der Waals surface area contributed by atoms with Gasteiger partial charge in [0, 0.05) is 23.8 Å². The molecule has 1 N–H and O–H groups in total. The molecule has 0 unspecified atom stereocenters. The van der Waals surface area contributed by atoms with Crippen LogP contribution in [0.25, 0.3) is 0 Å². The minimum Gasteiger partial charge on any atom is -0.381 e. The van der Waals surface area contributed by atoms with Gasteiger partial charge in [0.2, 0.25) is 0 Å². The number of hydrogen-bond acceptors (Lipinski definition) is 2. The van der Waals surface area contributed by atoms with E-state index in [-0.39, 0.29) is 0 Å². The van der Waals surface area contributed by atoms with E-state index in [0.29, 0.717) is 0 Å². The Labute approximate surface area is 120 Å². The first-order valence-corrected chi connectivity index (χ1v) is 6.73. The van der Waals surface area contributed by atoms with E-state index in [9.17, 15) is 0 Å². The molecule has 0 fully saturated rings. The van der Waals surface area contributed by atoms with Crippen LogP contribution in [0.1, 0.15) is 11.1 Å². The molecule has 0 aliphatic carbocycles. The summed E-state index contributed by atoms with van der Waals surface area (Å²) in [5.41, 5.74) is 3.63. The summed E-state index contributed by atoms with van der Waals surface area (Å²) in [6.07, 6.45) is 0. The van der Waals surface area contributed by atoms with E-state index in [1.807, 2.05) is 18.2 Å². The summed E-state index contributed by atoms with van der Waals surface area (Å²) < 4.78 is 0. The van der Waals surface area contributed by atoms with E-state index in [1.54, 1.807) is 0 Å². The number of nitrogens with one attached hydrogen (secondary N) is 1. The van der Waals surface area contributed by atoms with Gasteiger partial charge in [-0.05, 0) is 49.5 Å². The van der Waals surface area contributed by atoms with Gasteiger partial charge in [-0.3, -0.25) is 0 Å². The molecular weight excluding hydrogens is 256 g/mol. The van der Waals surface area contributed by atoms with E-state index in [0.717, 1.165) is 23.8 Å². The lowest BCUT2D eigenvalue weighted by atomic mass is 10.1. The van der Waals surface area contributed by atoms with Crippen LogP contribution in [-0.2, 0) is 13.1 Å². The van der Waals surface area contributed by atoms with Crippen molar-refractivity contribution in [3.63, 3.8) is 0 Å². The predicted molar refractivity (Wildman–Crippen MR) is 82.6 cm³/mol. The van der Waals surface area contributed by atoms with Crippen LogP contribution >= 0.6 is 11.6 Å². The molecule has 0 spiro atoms. The zero-order valence-corrected chi connectivity index (χ0v) is 12.1. The Hall–Kier alpha value is -1.51. The van der Waals surface area contributed by atoms with Crippen molar-refractivity contribution in [1.29, 1.82) is 0 Å². The highest BCUT2D eigenvalue weighted by Gasteiger charge is 1.98. The molecule has 0 atom stereocenters. The maximum Gasteiger partial charge on any atom is 0.0409 e. The Morgan fingerprint density at radius 1 is 1.00 bits per heavy atom. The fourth-order valence-corrected chi connectivity index (χ4v) is 2.21. The molecule has 100 valence electrons. The molecule has 0 saturated heterocycles. The largest absolute Gasteiger partial charge is 0.381 e.